The topological polar surface area (TPSA) is 73.7 Å². The van der Waals surface area contributed by atoms with Gasteiger partial charge in [0.05, 0.1) is 23.7 Å². The lowest BCUT2D eigenvalue weighted by Crippen LogP contribution is -2.48. The third-order valence-corrected chi connectivity index (χ3v) is 5.92. The highest BCUT2D eigenvalue weighted by Gasteiger charge is 2.27. The fraction of sp³-hybridized carbons (Fsp3) is 0.722. The van der Waals surface area contributed by atoms with E-state index in [0.29, 0.717) is 19.5 Å². The van der Waals surface area contributed by atoms with Crippen LogP contribution in [0.3, 0.4) is 0 Å². The predicted molar refractivity (Wildman–Crippen MR) is 99.0 cm³/mol. The molecular formula is C18H29N3O3S. The van der Waals surface area contributed by atoms with Crippen molar-refractivity contribution in [2.75, 3.05) is 26.2 Å². The Bertz CT molecular complexity index is 601. The molecule has 0 bridgehead atoms. The van der Waals surface area contributed by atoms with Gasteiger partial charge in [0.15, 0.2) is 0 Å². The van der Waals surface area contributed by atoms with Crippen molar-refractivity contribution in [2.45, 2.75) is 58.4 Å². The number of carboxylic acid groups (broad SMARTS) is 1. The second-order valence-electron chi connectivity index (χ2n) is 7.64. The van der Waals surface area contributed by atoms with E-state index in [1.165, 1.54) is 0 Å². The fourth-order valence-corrected chi connectivity index (χ4v) is 4.06. The number of aromatic nitrogens is 1. The lowest BCUT2D eigenvalue weighted by molar-refractivity contribution is -0.140. The summed E-state index contributed by atoms with van der Waals surface area (Å²) in [5.41, 5.74) is 0.862. The third kappa shape index (κ3) is 5.51. The summed E-state index contributed by atoms with van der Waals surface area (Å²) in [6.07, 6.45) is 2.01. The smallest absolute Gasteiger partial charge is 0.317 e. The van der Waals surface area contributed by atoms with Gasteiger partial charge in [0.2, 0.25) is 5.91 Å². The Hall–Kier alpha value is -1.47. The van der Waals surface area contributed by atoms with E-state index in [1.54, 1.807) is 11.3 Å². The maximum atomic E-state index is 12.5. The highest BCUT2D eigenvalue weighted by atomic mass is 32.1. The van der Waals surface area contributed by atoms with Crippen molar-refractivity contribution in [3.8, 4) is 0 Å². The molecule has 1 aliphatic heterocycles. The molecule has 0 atom stereocenters. The van der Waals surface area contributed by atoms with Crippen molar-refractivity contribution in [2.24, 2.45) is 0 Å². The van der Waals surface area contributed by atoms with E-state index in [-0.39, 0.29) is 23.9 Å². The molecule has 7 heteroatoms. The number of carbonyl (C=O) groups is 2. The summed E-state index contributed by atoms with van der Waals surface area (Å²) in [6.45, 7) is 10.5. The maximum absolute atomic E-state index is 12.5. The molecule has 1 aliphatic rings. The summed E-state index contributed by atoms with van der Waals surface area (Å²) in [7, 11) is 0. The Morgan fingerprint density at radius 2 is 2.00 bits per heavy atom. The largest absolute Gasteiger partial charge is 0.480 e. The van der Waals surface area contributed by atoms with Crippen LogP contribution in [0.15, 0.2) is 5.38 Å². The summed E-state index contributed by atoms with van der Waals surface area (Å²) < 4.78 is 0. The first-order valence-electron chi connectivity index (χ1n) is 8.89. The number of carboxylic acids is 1. The Labute approximate surface area is 153 Å². The van der Waals surface area contributed by atoms with Crippen LogP contribution in [-0.2, 0) is 21.4 Å². The number of carbonyl (C=O) groups excluding carboxylic acids is 1. The van der Waals surface area contributed by atoms with Crippen molar-refractivity contribution < 1.29 is 14.7 Å². The number of hydrogen-bond acceptors (Lipinski definition) is 5. The van der Waals surface area contributed by atoms with Crippen molar-refractivity contribution in [3.63, 3.8) is 0 Å². The molecule has 1 amide bonds. The second kappa shape index (κ2) is 8.27. The molecule has 0 aliphatic carbocycles. The average molecular weight is 368 g/mol. The lowest BCUT2D eigenvalue weighted by atomic mass is 9.98. The van der Waals surface area contributed by atoms with Crippen LogP contribution >= 0.6 is 11.3 Å². The molecule has 0 unspecified atom stereocenters. The molecule has 1 aromatic heterocycles. The highest BCUT2D eigenvalue weighted by molar-refractivity contribution is 7.09. The number of rotatable bonds is 6. The first-order valence-corrected chi connectivity index (χ1v) is 9.77. The van der Waals surface area contributed by atoms with Crippen molar-refractivity contribution in [1.29, 1.82) is 0 Å². The van der Waals surface area contributed by atoms with Gasteiger partial charge in [-0.05, 0) is 19.4 Å². The van der Waals surface area contributed by atoms with Crippen LogP contribution in [0.5, 0.6) is 0 Å². The second-order valence-corrected chi connectivity index (χ2v) is 8.50. The number of hydrogen-bond donors (Lipinski definition) is 1. The molecule has 0 radical (unpaired) electrons. The van der Waals surface area contributed by atoms with Crippen LogP contribution in [0.2, 0.25) is 0 Å². The standard InChI is InChI=1S/C18H29N3O3S/c1-5-20(11-16(23)24)14-6-8-21(9-7-14)15(22)10-13-12-25-17(19-13)18(2,3)4/h12,14H,5-11H2,1-4H3,(H,23,24). The Balaban J connectivity index is 1.87. The zero-order valence-corrected chi connectivity index (χ0v) is 16.4. The summed E-state index contributed by atoms with van der Waals surface area (Å²) in [5, 5.41) is 12.0. The van der Waals surface area contributed by atoms with Crippen molar-refractivity contribution >= 4 is 23.2 Å². The first-order chi connectivity index (χ1) is 11.7. The van der Waals surface area contributed by atoms with Crippen LogP contribution in [0, 0.1) is 0 Å². The van der Waals surface area contributed by atoms with E-state index < -0.39 is 5.97 Å². The minimum Gasteiger partial charge on any atom is -0.480 e. The van der Waals surface area contributed by atoms with Gasteiger partial charge in [0.1, 0.15) is 0 Å². The predicted octanol–water partition coefficient (Wildman–Crippen LogP) is 2.38. The lowest BCUT2D eigenvalue weighted by Gasteiger charge is -2.37. The zero-order valence-electron chi connectivity index (χ0n) is 15.6. The molecule has 0 saturated carbocycles. The summed E-state index contributed by atoms with van der Waals surface area (Å²) in [6, 6.07) is 0.247. The summed E-state index contributed by atoms with van der Waals surface area (Å²) in [5.74, 6) is -0.677. The summed E-state index contributed by atoms with van der Waals surface area (Å²) in [4.78, 5) is 32.0. The molecule has 0 spiro atoms. The molecule has 1 saturated heterocycles. The van der Waals surface area contributed by atoms with Gasteiger partial charge >= 0.3 is 5.97 Å². The average Bonchev–Trinajstić information content (AvgIpc) is 3.01. The van der Waals surface area contributed by atoms with E-state index in [0.717, 1.165) is 30.1 Å². The Morgan fingerprint density at radius 3 is 2.48 bits per heavy atom. The molecule has 0 aromatic carbocycles. The van der Waals surface area contributed by atoms with E-state index in [9.17, 15) is 9.59 Å². The molecular weight excluding hydrogens is 338 g/mol. The van der Waals surface area contributed by atoms with Crippen LogP contribution in [-0.4, -0.2) is 64.0 Å². The van der Waals surface area contributed by atoms with E-state index >= 15 is 0 Å². The summed E-state index contributed by atoms with van der Waals surface area (Å²) >= 11 is 1.61. The van der Waals surface area contributed by atoms with Crippen LogP contribution in [0.4, 0.5) is 0 Å². The van der Waals surface area contributed by atoms with E-state index in [4.69, 9.17) is 5.11 Å². The molecule has 2 heterocycles. The number of nitrogens with zero attached hydrogens (tertiary/aromatic N) is 3. The van der Waals surface area contributed by atoms with Crippen LogP contribution < -0.4 is 0 Å². The number of aliphatic carboxylic acids is 1. The van der Waals surface area contributed by atoms with Crippen molar-refractivity contribution in [1.82, 2.24) is 14.8 Å². The number of amides is 1. The van der Waals surface area contributed by atoms with Gasteiger partial charge in [0.25, 0.3) is 0 Å². The number of thiazole rings is 1. The molecule has 1 fully saturated rings. The third-order valence-electron chi connectivity index (χ3n) is 4.60. The first kappa shape index (κ1) is 19.8. The monoisotopic (exact) mass is 367 g/mol. The molecule has 1 aromatic rings. The maximum Gasteiger partial charge on any atom is 0.317 e. The molecule has 1 N–H and O–H groups in total. The number of likely N-dealkylation sites (tertiary alicyclic amines) is 1. The van der Waals surface area contributed by atoms with Gasteiger partial charge in [-0.25, -0.2) is 4.98 Å². The van der Waals surface area contributed by atoms with Gasteiger partial charge in [-0.15, -0.1) is 11.3 Å². The Kier molecular flexibility index (Phi) is 6.57. The number of likely N-dealkylation sites (N-methyl/N-ethyl adjacent to an activating group) is 1. The van der Waals surface area contributed by atoms with E-state index in [1.807, 2.05) is 22.1 Å². The van der Waals surface area contributed by atoms with Gasteiger partial charge in [-0.3, -0.25) is 14.5 Å². The van der Waals surface area contributed by atoms with Crippen molar-refractivity contribution in [3.05, 3.63) is 16.1 Å². The van der Waals surface area contributed by atoms with Gasteiger partial charge in [-0.2, -0.15) is 0 Å². The minimum absolute atomic E-state index is 0.0120. The van der Waals surface area contributed by atoms with Gasteiger partial charge in [-0.1, -0.05) is 27.7 Å². The van der Waals surface area contributed by atoms with Gasteiger partial charge < -0.3 is 10.0 Å². The highest BCUT2D eigenvalue weighted by Crippen LogP contribution is 2.26. The zero-order chi connectivity index (χ0) is 18.6. The molecule has 140 valence electrons. The van der Waals surface area contributed by atoms with Crippen LogP contribution in [0.25, 0.3) is 0 Å². The number of piperidine rings is 1. The van der Waals surface area contributed by atoms with Crippen LogP contribution in [0.1, 0.15) is 51.2 Å². The molecule has 25 heavy (non-hydrogen) atoms. The fourth-order valence-electron chi connectivity index (χ4n) is 3.15. The molecule has 2 rings (SSSR count). The normalized spacial score (nSPS) is 16.4. The molecule has 6 nitrogen and oxygen atoms in total. The van der Waals surface area contributed by atoms with E-state index in [2.05, 4.69) is 25.8 Å². The quantitative estimate of drug-likeness (QED) is 0.836. The SMILES string of the molecule is CCN(CC(=O)O)C1CCN(C(=O)Cc2csc(C(C)(C)C)n2)CC1. The minimum atomic E-state index is -0.793. The Morgan fingerprint density at radius 1 is 1.36 bits per heavy atom. The van der Waals surface area contributed by atoms with Gasteiger partial charge in [0, 0.05) is 29.9 Å².